The smallest absolute Gasteiger partial charge is 0.232 e. The van der Waals surface area contributed by atoms with Crippen molar-refractivity contribution in [3.63, 3.8) is 0 Å². The molecule has 0 saturated heterocycles. The van der Waals surface area contributed by atoms with E-state index in [2.05, 4.69) is 61.5 Å². The van der Waals surface area contributed by atoms with Gasteiger partial charge in [-0.25, -0.2) is 0 Å². The zero-order chi connectivity index (χ0) is 24.7. The summed E-state index contributed by atoms with van der Waals surface area (Å²) in [7, 11) is 0. The number of phenols is 1. The van der Waals surface area contributed by atoms with Gasteiger partial charge in [-0.1, -0.05) is 70.4 Å². The molecule has 0 spiro atoms. The minimum absolute atomic E-state index is 0.0103. The average molecular weight is 498 g/mol. The molecule has 0 unspecified atom stereocenters. The molecule has 2 heterocycles. The number of fused-ring (bicyclic) bond motifs is 1. The molecule has 0 radical (unpaired) electrons. The van der Waals surface area contributed by atoms with E-state index in [1.54, 1.807) is 6.07 Å². The molecule has 0 aliphatic rings. The van der Waals surface area contributed by atoms with Gasteiger partial charge in [0.2, 0.25) is 5.89 Å². The number of hydrogen-bond acceptors (Lipinski definition) is 5. The Morgan fingerprint density at radius 2 is 1.76 bits per heavy atom. The molecule has 7 heteroatoms. The third kappa shape index (κ3) is 5.28. The van der Waals surface area contributed by atoms with Crippen molar-refractivity contribution in [2.45, 2.75) is 76.0 Å². The summed E-state index contributed by atoms with van der Waals surface area (Å²) in [6.07, 6.45) is 1.45. The molecule has 0 saturated carbocycles. The van der Waals surface area contributed by atoms with Gasteiger partial charge in [-0.15, -0.1) is 11.8 Å². The Labute approximate surface area is 210 Å². The lowest BCUT2D eigenvalue weighted by atomic mass is 9.87. The Balaban J connectivity index is 1.90. The lowest BCUT2D eigenvalue weighted by Gasteiger charge is -2.24. The summed E-state index contributed by atoms with van der Waals surface area (Å²) in [4.78, 5) is 5.82. The average Bonchev–Trinajstić information content (AvgIpc) is 3.34. The van der Waals surface area contributed by atoms with E-state index >= 15 is 0 Å². The predicted molar refractivity (Wildman–Crippen MR) is 140 cm³/mol. The molecule has 5 nitrogen and oxygen atoms in total. The summed E-state index contributed by atoms with van der Waals surface area (Å²) in [5, 5.41) is 16.3. The first-order valence-electron chi connectivity index (χ1n) is 11.6. The molecule has 0 amide bonds. The summed E-state index contributed by atoms with van der Waals surface area (Å²) >= 11 is 7.97. The highest BCUT2D eigenvalue weighted by molar-refractivity contribution is 8.00. The molecule has 0 aliphatic heterocycles. The number of hydrogen-bond donors (Lipinski definition) is 1. The summed E-state index contributed by atoms with van der Waals surface area (Å²) in [5.41, 5.74) is 3.07. The van der Waals surface area contributed by atoms with Gasteiger partial charge in [-0.05, 0) is 35.9 Å². The highest BCUT2D eigenvalue weighted by Crippen LogP contribution is 2.44. The van der Waals surface area contributed by atoms with Crippen LogP contribution in [0.3, 0.4) is 0 Å². The monoisotopic (exact) mass is 497 g/mol. The maximum absolute atomic E-state index is 10.3. The van der Waals surface area contributed by atoms with Gasteiger partial charge in [0.05, 0.1) is 0 Å². The molecule has 34 heavy (non-hydrogen) atoms. The van der Waals surface area contributed by atoms with Crippen LogP contribution >= 0.6 is 23.4 Å². The number of rotatable bonds is 7. The van der Waals surface area contributed by atoms with Crippen molar-refractivity contribution < 1.29 is 9.63 Å². The second kappa shape index (κ2) is 9.31. The quantitative estimate of drug-likeness (QED) is 0.269. The number of phenolic OH excluding ortho intramolecular Hbond substituents is 1. The van der Waals surface area contributed by atoms with Crippen molar-refractivity contribution in [1.29, 1.82) is 0 Å². The molecule has 0 atom stereocenters. The highest BCUT2D eigenvalue weighted by Gasteiger charge is 2.33. The maximum atomic E-state index is 10.3. The molecule has 0 bridgehead atoms. The second-order valence-electron chi connectivity index (χ2n) is 10.3. The van der Waals surface area contributed by atoms with Crippen LogP contribution in [0.1, 0.15) is 64.5 Å². The molecule has 0 aliphatic carbocycles. The third-order valence-electron chi connectivity index (χ3n) is 5.74. The van der Waals surface area contributed by atoms with Crippen LogP contribution in [0, 0.1) is 0 Å². The van der Waals surface area contributed by atoms with Crippen molar-refractivity contribution in [1.82, 2.24) is 14.7 Å². The van der Waals surface area contributed by atoms with E-state index in [-0.39, 0.29) is 15.9 Å². The van der Waals surface area contributed by atoms with Crippen molar-refractivity contribution in [2.75, 3.05) is 0 Å². The van der Waals surface area contributed by atoms with Crippen LogP contribution in [0.15, 0.2) is 51.9 Å². The van der Waals surface area contributed by atoms with E-state index in [0.717, 1.165) is 33.7 Å². The SMILES string of the molecule is CCc1noc(C(C)(C)Cc2c(SC(C)(C)C)c3cc(O)ccc3n2Cc2ccc(Cl)cc2)n1. The van der Waals surface area contributed by atoms with E-state index in [1.165, 1.54) is 10.6 Å². The van der Waals surface area contributed by atoms with Crippen molar-refractivity contribution >= 4 is 34.3 Å². The summed E-state index contributed by atoms with van der Waals surface area (Å²) in [6.45, 7) is 13.6. The zero-order valence-corrected chi connectivity index (χ0v) is 22.2. The third-order valence-corrected chi connectivity index (χ3v) is 7.26. The molecule has 1 N–H and O–H groups in total. The van der Waals surface area contributed by atoms with Gasteiger partial charge in [0.15, 0.2) is 5.82 Å². The Kier molecular flexibility index (Phi) is 6.76. The van der Waals surface area contributed by atoms with Crippen LogP contribution in [0.5, 0.6) is 5.75 Å². The first-order chi connectivity index (χ1) is 16.0. The molecule has 4 rings (SSSR count). The lowest BCUT2D eigenvalue weighted by molar-refractivity contribution is 0.300. The molecule has 2 aromatic carbocycles. The van der Waals surface area contributed by atoms with E-state index < -0.39 is 0 Å². The Morgan fingerprint density at radius 1 is 1.06 bits per heavy atom. The first-order valence-corrected chi connectivity index (χ1v) is 12.8. The fourth-order valence-corrected chi connectivity index (χ4v) is 5.39. The van der Waals surface area contributed by atoms with Gasteiger partial charge >= 0.3 is 0 Å². The summed E-state index contributed by atoms with van der Waals surface area (Å²) in [6, 6.07) is 13.6. The maximum Gasteiger partial charge on any atom is 0.232 e. The number of halogens is 1. The van der Waals surface area contributed by atoms with Gasteiger partial charge < -0.3 is 14.2 Å². The van der Waals surface area contributed by atoms with Crippen LogP contribution in [0.25, 0.3) is 10.9 Å². The Morgan fingerprint density at radius 3 is 2.38 bits per heavy atom. The molecule has 4 aromatic rings. The lowest BCUT2D eigenvalue weighted by Crippen LogP contribution is -2.24. The van der Waals surface area contributed by atoms with Crippen molar-refractivity contribution in [3.8, 4) is 5.75 Å². The van der Waals surface area contributed by atoms with E-state index in [0.29, 0.717) is 18.9 Å². The number of aryl methyl sites for hydroxylation is 1. The number of benzene rings is 2. The van der Waals surface area contributed by atoms with E-state index in [4.69, 9.17) is 16.1 Å². The van der Waals surface area contributed by atoms with Gasteiger partial charge in [0.1, 0.15) is 5.75 Å². The predicted octanol–water partition coefficient (Wildman–Crippen LogP) is 7.40. The minimum atomic E-state index is -0.373. The Hall–Kier alpha value is -2.44. The van der Waals surface area contributed by atoms with E-state index in [1.807, 2.05) is 43.0 Å². The van der Waals surface area contributed by atoms with Crippen molar-refractivity contribution in [3.05, 3.63) is 70.5 Å². The van der Waals surface area contributed by atoms with Gasteiger partial charge in [0, 0.05) is 56.1 Å². The fraction of sp³-hybridized carbons (Fsp3) is 0.407. The first kappa shape index (κ1) is 24.7. The highest BCUT2D eigenvalue weighted by atomic mass is 35.5. The second-order valence-corrected chi connectivity index (χ2v) is 12.6. The zero-order valence-electron chi connectivity index (χ0n) is 20.6. The van der Waals surface area contributed by atoms with Crippen LogP contribution in [-0.2, 0) is 24.8 Å². The number of aromatic hydroxyl groups is 1. The fourth-order valence-electron chi connectivity index (χ4n) is 4.08. The van der Waals surface area contributed by atoms with Crippen molar-refractivity contribution in [2.24, 2.45) is 0 Å². The molecule has 2 aromatic heterocycles. The number of nitrogens with zero attached hydrogens (tertiary/aromatic N) is 3. The summed E-state index contributed by atoms with van der Waals surface area (Å²) < 4.78 is 8.01. The Bertz CT molecular complexity index is 1300. The molecule has 180 valence electrons. The normalized spacial score (nSPS) is 12.6. The van der Waals surface area contributed by atoms with Gasteiger partial charge in [-0.3, -0.25) is 0 Å². The minimum Gasteiger partial charge on any atom is -0.508 e. The van der Waals surface area contributed by atoms with Crippen LogP contribution in [-0.4, -0.2) is 24.6 Å². The summed E-state index contributed by atoms with van der Waals surface area (Å²) in [5.74, 6) is 1.63. The van der Waals surface area contributed by atoms with Crippen LogP contribution in [0.2, 0.25) is 5.02 Å². The van der Waals surface area contributed by atoms with Crippen LogP contribution < -0.4 is 0 Å². The number of aromatic nitrogens is 3. The van der Waals surface area contributed by atoms with Crippen LogP contribution in [0.4, 0.5) is 0 Å². The van der Waals surface area contributed by atoms with E-state index in [9.17, 15) is 5.11 Å². The topological polar surface area (TPSA) is 64.1 Å². The molecular weight excluding hydrogens is 466 g/mol. The number of thioether (sulfide) groups is 1. The molecular formula is C27H32ClN3O2S. The van der Waals surface area contributed by atoms with Gasteiger partial charge in [-0.2, -0.15) is 4.98 Å². The standard InChI is InChI=1S/C27H32ClN3O2S/c1-7-23-29-25(33-30-23)27(5,6)15-22-24(34-26(2,3)4)20-14-19(32)12-13-21(20)31(22)16-17-8-10-18(28)11-9-17/h8-14,32H,7,15-16H2,1-6H3. The van der Waals surface area contributed by atoms with Gasteiger partial charge in [0.25, 0.3) is 0 Å². The largest absolute Gasteiger partial charge is 0.508 e. The molecule has 0 fully saturated rings.